The predicted molar refractivity (Wildman–Crippen MR) is 69.4 cm³/mol. The molecule has 0 spiro atoms. The van der Waals surface area contributed by atoms with Crippen LogP contribution in [0.5, 0.6) is 5.88 Å². The zero-order valence-corrected chi connectivity index (χ0v) is 10.1. The van der Waals surface area contributed by atoms with Gasteiger partial charge in [-0.1, -0.05) is 29.8 Å². The molecule has 2 aromatic heterocycles. The second kappa shape index (κ2) is 4.49. The van der Waals surface area contributed by atoms with Crippen LogP contribution in [0.1, 0.15) is 11.1 Å². The van der Waals surface area contributed by atoms with Crippen LogP contribution < -0.4 is 4.74 Å². The van der Waals surface area contributed by atoms with Crippen molar-refractivity contribution >= 4 is 11.0 Å². The van der Waals surface area contributed by atoms with E-state index in [-0.39, 0.29) is 0 Å². The van der Waals surface area contributed by atoms with Crippen LogP contribution in [-0.4, -0.2) is 15.0 Å². The van der Waals surface area contributed by atoms with Gasteiger partial charge in [0.2, 0.25) is 5.88 Å². The summed E-state index contributed by atoms with van der Waals surface area (Å²) >= 11 is 0. The van der Waals surface area contributed by atoms with Gasteiger partial charge in [-0.2, -0.15) is 0 Å². The highest BCUT2D eigenvalue weighted by Gasteiger charge is 2.05. The largest absolute Gasteiger partial charge is 0.472 e. The summed E-state index contributed by atoms with van der Waals surface area (Å²) in [5.41, 5.74) is 3.16. The van der Waals surface area contributed by atoms with Gasteiger partial charge >= 0.3 is 0 Å². The van der Waals surface area contributed by atoms with Crippen molar-refractivity contribution < 1.29 is 4.74 Å². The number of rotatable bonds is 3. The minimum Gasteiger partial charge on any atom is -0.472 e. The highest BCUT2D eigenvalue weighted by Crippen LogP contribution is 2.20. The van der Waals surface area contributed by atoms with Crippen LogP contribution in [0.15, 0.2) is 42.9 Å². The van der Waals surface area contributed by atoms with Crippen molar-refractivity contribution in [3.8, 4) is 5.88 Å². The molecule has 1 N–H and O–H groups in total. The lowest BCUT2D eigenvalue weighted by atomic mass is 10.1. The van der Waals surface area contributed by atoms with Crippen LogP contribution in [0, 0.1) is 6.92 Å². The molecule has 0 aliphatic heterocycles. The fraction of sp³-hybridized carbons (Fsp3) is 0.143. The maximum Gasteiger partial charge on any atom is 0.226 e. The predicted octanol–water partition coefficient (Wildman–Crippen LogP) is 2.85. The van der Waals surface area contributed by atoms with E-state index in [0.717, 1.165) is 16.6 Å². The first-order valence-corrected chi connectivity index (χ1v) is 5.79. The second-order valence-corrected chi connectivity index (χ2v) is 4.20. The van der Waals surface area contributed by atoms with Crippen LogP contribution in [0.2, 0.25) is 0 Å². The highest BCUT2D eigenvalue weighted by molar-refractivity contribution is 5.80. The summed E-state index contributed by atoms with van der Waals surface area (Å²) in [6.45, 7) is 2.58. The molecule has 2 heterocycles. The molecule has 90 valence electrons. The Morgan fingerprint density at radius 2 is 2.17 bits per heavy atom. The summed E-state index contributed by atoms with van der Waals surface area (Å²) in [5.74, 6) is 0.614. The number of hydrogen-bond acceptors (Lipinski definition) is 3. The van der Waals surface area contributed by atoms with E-state index in [4.69, 9.17) is 4.74 Å². The summed E-state index contributed by atoms with van der Waals surface area (Å²) in [4.78, 5) is 11.3. The van der Waals surface area contributed by atoms with Gasteiger partial charge in [-0.3, -0.25) is 0 Å². The average molecular weight is 239 g/mol. The zero-order chi connectivity index (χ0) is 12.4. The highest BCUT2D eigenvalue weighted by atomic mass is 16.5. The third-order valence-electron chi connectivity index (χ3n) is 2.78. The van der Waals surface area contributed by atoms with Gasteiger partial charge < -0.3 is 9.72 Å². The molecule has 4 nitrogen and oxygen atoms in total. The van der Waals surface area contributed by atoms with Crippen molar-refractivity contribution in [1.29, 1.82) is 0 Å². The molecule has 0 saturated heterocycles. The first kappa shape index (κ1) is 10.8. The third-order valence-corrected chi connectivity index (χ3v) is 2.78. The lowest BCUT2D eigenvalue weighted by molar-refractivity contribution is 0.297. The summed E-state index contributed by atoms with van der Waals surface area (Å²) in [6.07, 6.45) is 3.34. The smallest absolute Gasteiger partial charge is 0.226 e. The Labute approximate surface area is 105 Å². The molecule has 0 aliphatic rings. The normalized spacial score (nSPS) is 10.7. The van der Waals surface area contributed by atoms with E-state index in [1.807, 2.05) is 24.4 Å². The van der Waals surface area contributed by atoms with Gasteiger partial charge in [0.05, 0.1) is 5.39 Å². The summed E-state index contributed by atoms with van der Waals surface area (Å²) < 4.78 is 5.75. The van der Waals surface area contributed by atoms with Gasteiger partial charge in [0.15, 0.2) is 0 Å². The van der Waals surface area contributed by atoms with E-state index >= 15 is 0 Å². The van der Waals surface area contributed by atoms with Gasteiger partial charge in [0, 0.05) is 6.20 Å². The van der Waals surface area contributed by atoms with Crippen LogP contribution in [0.4, 0.5) is 0 Å². The molecule has 0 unspecified atom stereocenters. The number of aromatic amines is 1. The van der Waals surface area contributed by atoms with Crippen molar-refractivity contribution in [2.45, 2.75) is 13.5 Å². The molecule has 0 bridgehead atoms. The number of H-pyrrole nitrogens is 1. The van der Waals surface area contributed by atoms with Crippen LogP contribution >= 0.6 is 0 Å². The number of benzene rings is 1. The number of fused-ring (bicyclic) bond motifs is 1. The maximum absolute atomic E-state index is 5.75. The minimum atomic E-state index is 0.513. The second-order valence-electron chi connectivity index (χ2n) is 4.20. The molecular formula is C14H13N3O. The summed E-state index contributed by atoms with van der Waals surface area (Å²) in [7, 11) is 0. The molecule has 0 radical (unpaired) electrons. The fourth-order valence-electron chi connectivity index (χ4n) is 1.92. The van der Waals surface area contributed by atoms with E-state index in [1.165, 1.54) is 11.9 Å². The number of ether oxygens (including phenoxy) is 1. The standard InChI is InChI=1S/C14H13N3O/c1-10-3-2-4-11(7-10)8-18-14-12-5-6-15-13(12)16-9-17-14/h2-7,9H,8H2,1H3,(H,15,16,17). The summed E-state index contributed by atoms with van der Waals surface area (Å²) in [6, 6.07) is 10.2. The van der Waals surface area contributed by atoms with Gasteiger partial charge in [-0.15, -0.1) is 0 Å². The van der Waals surface area contributed by atoms with Crippen molar-refractivity contribution in [1.82, 2.24) is 15.0 Å². The monoisotopic (exact) mass is 239 g/mol. The first-order valence-electron chi connectivity index (χ1n) is 5.79. The summed E-state index contributed by atoms with van der Waals surface area (Å²) in [5, 5.41) is 0.908. The van der Waals surface area contributed by atoms with Crippen molar-refractivity contribution in [2.75, 3.05) is 0 Å². The van der Waals surface area contributed by atoms with Gasteiger partial charge in [-0.25, -0.2) is 9.97 Å². The quantitative estimate of drug-likeness (QED) is 0.764. The molecule has 18 heavy (non-hydrogen) atoms. The lowest BCUT2D eigenvalue weighted by Crippen LogP contribution is -1.98. The van der Waals surface area contributed by atoms with Crippen molar-refractivity contribution in [3.05, 3.63) is 54.0 Å². The lowest BCUT2D eigenvalue weighted by Gasteiger charge is -2.06. The molecule has 3 rings (SSSR count). The van der Waals surface area contributed by atoms with Crippen LogP contribution in [-0.2, 0) is 6.61 Å². The molecule has 0 atom stereocenters. The van der Waals surface area contributed by atoms with E-state index in [2.05, 4.69) is 34.0 Å². The molecule has 0 saturated carbocycles. The number of aromatic nitrogens is 3. The van der Waals surface area contributed by atoms with Crippen LogP contribution in [0.25, 0.3) is 11.0 Å². The molecule has 4 heteroatoms. The Kier molecular flexibility index (Phi) is 2.68. The van der Waals surface area contributed by atoms with E-state index in [9.17, 15) is 0 Å². The van der Waals surface area contributed by atoms with Crippen molar-refractivity contribution in [2.24, 2.45) is 0 Å². The Hall–Kier alpha value is -2.36. The first-order chi connectivity index (χ1) is 8.83. The number of aryl methyl sites for hydroxylation is 1. The van der Waals surface area contributed by atoms with E-state index in [1.54, 1.807) is 0 Å². The fourth-order valence-corrected chi connectivity index (χ4v) is 1.92. The molecule has 1 aromatic carbocycles. The SMILES string of the molecule is Cc1cccc(COc2ncnc3[nH]ccc23)c1. The maximum atomic E-state index is 5.75. The average Bonchev–Trinajstić information content (AvgIpc) is 2.85. The number of nitrogens with one attached hydrogen (secondary N) is 1. The number of nitrogens with zero attached hydrogens (tertiary/aromatic N) is 2. The van der Waals surface area contributed by atoms with Gasteiger partial charge in [0.1, 0.15) is 18.6 Å². The Morgan fingerprint density at radius 1 is 1.22 bits per heavy atom. The molecule has 0 amide bonds. The Balaban J connectivity index is 1.83. The number of hydrogen-bond donors (Lipinski definition) is 1. The molecule has 3 aromatic rings. The van der Waals surface area contributed by atoms with Gasteiger partial charge in [-0.05, 0) is 18.6 Å². The third kappa shape index (κ3) is 2.05. The Morgan fingerprint density at radius 3 is 3.06 bits per heavy atom. The molecule has 0 aliphatic carbocycles. The van der Waals surface area contributed by atoms with E-state index < -0.39 is 0 Å². The van der Waals surface area contributed by atoms with E-state index in [0.29, 0.717) is 12.5 Å². The minimum absolute atomic E-state index is 0.513. The molecule has 0 fully saturated rings. The van der Waals surface area contributed by atoms with Crippen LogP contribution in [0.3, 0.4) is 0 Å². The topological polar surface area (TPSA) is 50.8 Å². The van der Waals surface area contributed by atoms with Gasteiger partial charge in [0.25, 0.3) is 0 Å². The molecular weight excluding hydrogens is 226 g/mol. The Bertz CT molecular complexity index is 675. The zero-order valence-electron chi connectivity index (χ0n) is 10.1. The van der Waals surface area contributed by atoms with Crippen molar-refractivity contribution in [3.63, 3.8) is 0 Å².